The molecule has 0 aliphatic carbocycles. The zero-order chi connectivity index (χ0) is 18.4. The largest absolute Gasteiger partial charge is 0.455 e. The first kappa shape index (κ1) is 16.9. The lowest BCUT2D eigenvalue weighted by Crippen LogP contribution is -1.89. The van der Waals surface area contributed by atoms with Gasteiger partial charge in [0.1, 0.15) is 23.6 Å². The summed E-state index contributed by atoms with van der Waals surface area (Å²) in [7, 11) is 0. The van der Waals surface area contributed by atoms with Crippen molar-refractivity contribution in [3.8, 4) is 23.6 Å². The normalized spacial score (nSPS) is 10.3. The molecule has 0 unspecified atom stereocenters. The number of nitriles is 2. The first-order valence-corrected chi connectivity index (χ1v) is 7.89. The molecule has 0 spiro atoms. The van der Waals surface area contributed by atoms with E-state index in [0.717, 1.165) is 11.3 Å². The van der Waals surface area contributed by atoms with Crippen LogP contribution in [-0.4, -0.2) is 0 Å². The van der Waals surface area contributed by atoms with Crippen molar-refractivity contribution in [2.24, 2.45) is 10.2 Å². The van der Waals surface area contributed by atoms with E-state index in [1.807, 2.05) is 61.5 Å². The minimum absolute atomic E-state index is 0.268. The van der Waals surface area contributed by atoms with Crippen molar-refractivity contribution < 1.29 is 4.74 Å². The Labute approximate surface area is 151 Å². The zero-order valence-corrected chi connectivity index (χ0v) is 14.0. The Kier molecular flexibility index (Phi) is 5.03. The summed E-state index contributed by atoms with van der Waals surface area (Å²) >= 11 is 0. The number of ether oxygens (including phenoxy) is 1. The SMILES string of the molecule is Cc1ccc(Oc2ccc(C#N)c(C#N)c2)c(N=Nc2ccccc2)c1. The number of azo groups is 1. The maximum Gasteiger partial charge on any atom is 0.154 e. The number of benzene rings is 3. The lowest BCUT2D eigenvalue weighted by Gasteiger charge is -2.09. The van der Waals surface area contributed by atoms with E-state index in [0.29, 0.717) is 22.7 Å². The topological polar surface area (TPSA) is 81.5 Å². The molecule has 0 amide bonds. The van der Waals surface area contributed by atoms with Crippen molar-refractivity contribution in [3.05, 3.63) is 83.4 Å². The van der Waals surface area contributed by atoms with Gasteiger partial charge in [-0.05, 0) is 55.0 Å². The van der Waals surface area contributed by atoms with Crippen LogP contribution in [0, 0.1) is 29.6 Å². The van der Waals surface area contributed by atoms with Crippen LogP contribution in [0.25, 0.3) is 0 Å². The van der Waals surface area contributed by atoms with E-state index >= 15 is 0 Å². The second-order valence-corrected chi connectivity index (χ2v) is 5.54. The molecule has 3 aromatic rings. The highest BCUT2D eigenvalue weighted by molar-refractivity contribution is 5.56. The Morgan fingerprint density at radius 2 is 1.58 bits per heavy atom. The molecule has 0 aliphatic heterocycles. The van der Waals surface area contributed by atoms with Crippen LogP contribution in [0.5, 0.6) is 11.5 Å². The number of nitrogens with zero attached hydrogens (tertiary/aromatic N) is 4. The molecule has 0 N–H and O–H groups in total. The molecule has 3 aromatic carbocycles. The average molecular weight is 338 g/mol. The maximum atomic E-state index is 9.15. The first-order chi connectivity index (χ1) is 12.7. The highest BCUT2D eigenvalue weighted by Gasteiger charge is 2.08. The summed E-state index contributed by atoms with van der Waals surface area (Å²) in [6.07, 6.45) is 0. The molecule has 0 atom stereocenters. The van der Waals surface area contributed by atoms with Gasteiger partial charge < -0.3 is 4.74 Å². The van der Waals surface area contributed by atoms with Crippen LogP contribution >= 0.6 is 0 Å². The smallest absolute Gasteiger partial charge is 0.154 e. The Balaban J connectivity index is 1.93. The van der Waals surface area contributed by atoms with E-state index in [2.05, 4.69) is 10.2 Å². The van der Waals surface area contributed by atoms with Gasteiger partial charge in [-0.15, -0.1) is 5.11 Å². The molecule has 0 aliphatic rings. The minimum atomic E-state index is 0.268. The molecule has 0 bridgehead atoms. The lowest BCUT2D eigenvalue weighted by molar-refractivity contribution is 0.483. The van der Waals surface area contributed by atoms with Crippen molar-refractivity contribution in [2.75, 3.05) is 0 Å². The molecular formula is C21H14N4O. The van der Waals surface area contributed by atoms with Crippen LogP contribution in [0.4, 0.5) is 11.4 Å². The third-order valence-corrected chi connectivity index (χ3v) is 3.60. The number of aryl methyl sites for hydroxylation is 1. The fraction of sp³-hybridized carbons (Fsp3) is 0.0476. The van der Waals surface area contributed by atoms with Gasteiger partial charge >= 0.3 is 0 Å². The van der Waals surface area contributed by atoms with E-state index in [1.165, 1.54) is 6.07 Å². The maximum absolute atomic E-state index is 9.15. The average Bonchev–Trinajstić information content (AvgIpc) is 2.68. The predicted octanol–water partition coefficient (Wildman–Crippen LogP) is 5.95. The molecule has 3 rings (SSSR count). The van der Waals surface area contributed by atoms with Crippen molar-refractivity contribution in [2.45, 2.75) is 6.92 Å². The van der Waals surface area contributed by atoms with Crippen molar-refractivity contribution in [3.63, 3.8) is 0 Å². The second kappa shape index (κ2) is 7.74. The van der Waals surface area contributed by atoms with Gasteiger partial charge in [0.05, 0.1) is 16.8 Å². The number of hydrogen-bond acceptors (Lipinski definition) is 5. The number of rotatable bonds is 4. The fourth-order valence-electron chi connectivity index (χ4n) is 2.30. The predicted molar refractivity (Wildman–Crippen MR) is 97.7 cm³/mol. The highest BCUT2D eigenvalue weighted by Crippen LogP contribution is 2.34. The van der Waals surface area contributed by atoms with E-state index in [9.17, 15) is 0 Å². The van der Waals surface area contributed by atoms with Crippen LogP contribution in [0.3, 0.4) is 0 Å². The van der Waals surface area contributed by atoms with Gasteiger partial charge in [0, 0.05) is 0 Å². The third-order valence-electron chi connectivity index (χ3n) is 3.60. The summed E-state index contributed by atoms with van der Waals surface area (Å²) in [5.41, 5.74) is 2.93. The van der Waals surface area contributed by atoms with E-state index in [1.54, 1.807) is 18.2 Å². The Morgan fingerprint density at radius 1 is 0.808 bits per heavy atom. The zero-order valence-electron chi connectivity index (χ0n) is 14.0. The van der Waals surface area contributed by atoms with E-state index in [4.69, 9.17) is 15.3 Å². The summed E-state index contributed by atoms with van der Waals surface area (Å²) < 4.78 is 5.88. The standard InChI is InChI=1S/C21H14N4O/c1-15-7-10-21(20(11-15)25-24-18-5-3-2-4-6-18)26-19-9-8-16(13-22)17(12-19)14-23/h2-12H,1H3. The van der Waals surface area contributed by atoms with E-state index < -0.39 is 0 Å². The number of hydrogen-bond donors (Lipinski definition) is 0. The molecule has 124 valence electrons. The second-order valence-electron chi connectivity index (χ2n) is 5.54. The first-order valence-electron chi connectivity index (χ1n) is 7.89. The Morgan fingerprint density at radius 3 is 2.31 bits per heavy atom. The molecule has 0 fully saturated rings. The van der Waals surface area contributed by atoms with Crippen LogP contribution in [0.2, 0.25) is 0 Å². The van der Waals surface area contributed by atoms with Gasteiger partial charge in [-0.1, -0.05) is 24.3 Å². The minimum Gasteiger partial charge on any atom is -0.455 e. The summed E-state index contributed by atoms with van der Waals surface area (Å²) in [5.74, 6) is 0.976. The lowest BCUT2D eigenvalue weighted by atomic mass is 10.1. The molecule has 0 radical (unpaired) electrons. The Hall–Kier alpha value is -3.96. The molecule has 0 saturated heterocycles. The van der Waals surface area contributed by atoms with Crippen molar-refractivity contribution in [1.29, 1.82) is 10.5 Å². The monoisotopic (exact) mass is 338 g/mol. The van der Waals surface area contributed by atoms with Gasteiger partial charge in [0.2, 0.25) is 0 Å². The molecule has 5 nitrogen and oxygen atoms in total. The highest BCUT2D eigenvalue weighted by atomic mass is 16.5. The van der Waals surface area contributed by atoms with Gasteiger partial charge in [-0.25, -0.2) is 0 Å². The quantitative estimate of drug-likeness (QED) is 0.551. The van der Waals surface area contributed by atoms with Crippen LogP contribution < -0.4 is 4.74 Å². The van der Waals surface area contributed by atoms with E-state index in [-0.39, 0.29) is 5.56 Å². The van der Waals surface area contributed by atoms with Crippen LogP contribution in [-0.2, 0) is 0 Å². The molecule has 26 heavy (non-hydrogen) atoms. The summed E-state index contributed by atoms with van der Waals surface area (Å²) in [6, 6.07) is 23.7. The van der Waals surface area contributed by atoms with Crippen LogP contribution in [0.15, 0.2) is 77.0 Å². The van der Waals surface area contributed by atoms with Gasteiger partial charge in [-0.2, -0.15) is 15.6 Å². The summed E-state index contributed by atoms with van der Waals surface area (Å²) in [4.78, 5) is 0. The molecule has 5 heteroatoms. The van der Waals surface area contributed by atoms with Crippen molar-refractivity contribution in [1.82, 2.24) is 0 Å². The van der Waals surface area contributed by atoms with Gasteiger partial charge in [0.25, 0.3) is 0 Å². The molecule has 0 heterocycles. The summed E-state index contributed by atoms with van der Waals surface area (Å²) in [6.45, 7) is 1.96. The third kappa shape index (κ3) is 3.92. The van der Waals surface area contributed by atoms with Crippen LogP contribution in [0.1, 0.15) is 16.7 Å². The van der Waals surface area contributed by atoms with Gasteiger partial charge in [0.15, 0.2) is 5.75 Å². The molecule has 0 aromatic heterocycles. The summed E-state index contributed by atoms with van der Waals surface area (Å²) in [5, 5.41) is 26.7. The van der Waals surface area contributed by atoms with Crippen molar-refractivity contribution >= 4 is 11.4 Å². The van der Waals surface area contributed by atoms with Gasteiger partial charge in [-0.3, -0.25) is 0 Å². The Bertz CT molecular complexity index is 1040. The fourth-order valence-corrected chi connectivity index (χ4v) is 2.30. The molecular weight excluding hydrogens is 324 g/mol. The molecule has 0 saturated carbocycles.